The Hall–Kier alpha value is -2.75. The number of aromatic nitrogens is 3. The van der Waals surface area contributed by atoms with Gasteiger partial charge in [0.1, 0.15) is 5.82 Å². The summed E-state index contributed by atoms with van der Waals surface area (Å²) in [5.41, 5.74) is 1.45. The SMILES string of the molecule is CC(C)N(C)S(=O)(=O)c1ccc(Cl)c(C(=O)Nc2ccc(-c3n[nH]c(C4CC4)n3)cc2)c1. The van der Waals surface area contributed by atoms with Crippen LogP contribution in [-0.4, -0.2) is 46.9 Å². The van der Waals surface area contributed by atoms with E-state index in [9.17, 15) is 13.2 Å². The Morgan fingerprint density at radius 2 is 1.88 bits per heavy atom. The van der Waals surface area contributed by atoms with Gasteiger partial charge in [-0.15, -0.1) is 0 Å². The van der Waals surface area contributed by atoms with Crippen LogP contribution < -0.4 is 5.32 Å². The molecule has 2 aromatic carbocycles. The first-order valence-electron chi connectivity index (χ1n) is 10.3. The molecule has 4 rings (SSSR count). The molecule has 0 spiro atoms. The summed E-state index contributed by atoms with van der Waals surface area (Å²) in [6.45, 7) is 3.55. The monoisotopic (exact) mass is 473 g/mol. The van der Waals surface area contributed by atoms with E-state index in [4.69, 9.17) is 11.6 Å². The maximum atomic E-state index is 12.8. The van der Waals surface area contributed by atoms with Crippen molar-refractivity contribution in [3.05, 3.63) is 58.9 Å². The summed E-state index contributed by atoms with van der Waals surface area (Å²) in [5, 5.41) is 10.2. The van der Waals surface area contributed by atoms with Crippen molar-refractivity contribution in [1.29, 1.82) is 0 Å². The average molecular weight is 474 g/mol. The van der Waals surface area contributed by atoms with Gasteiger partial charge in [0.25, 0.3) is 5.91 Å². The molecule has 3 aromatic rings. The lowest BCUT2D eigenvalue weighted by Gasteiger charge is -2.21. The van der Waals surface area contributed by atoms with E-state index in [1.807, 2.05) is 12.1 Å². The normalized spacial score (nSPS) is 14.2. The largest absolute Gasteiger partial charge is 0.322 e. The molecular weight excluding hydrogens is 450 g/mol. The number of halogens is 1. The standard InChI is InChI=1S/C22H24ClN5O3S/c1-13(2)28(3)32(30,31)17-10-11-19(23)18(12-17)22(29)24-16-8-6-15(7-9-16)21-25-20(26-27-21)14-4-5-14/h6-14H,4-5H2,1-3H3,(H,24,29)(H,25,26,27). The van der Waals surface area contributed by atoms with Crippen molar-refractivity contribution in [2.24, 2.45) is 0 Å². The minimum atomic E-state index is -3.74. The van der Waals surface area contributed by atoms with E-state index in [-0.39, 0.29) is 21.5 Å². The lowest BCUT2D eigenvalue weighted by molar-refractivity contribution is 0.102. The molecule has 1 heterocycles. The molecular formula is C22H24ClN5O3S. The fourth-order valence-electron chi connectivity index (χ4n) is 3.13. The molecule has 2 N–H and O–H groups in total. The van der Waals surface area contributed by atoms with Crippen molar-refractivity contribution in [1.82, 2.24) is 19.5 Å². The number of nitrogens with zero attached hydrogens (tertiary/aromatic N) is 3. The Labute approximate surface area is 192 Å². The number of nitrogens with one attached hydrogen (secondary N) is 2. The van der Waals surface area contributed by atoms with E-state index in [0.717, 1.165) is 24.2 Å². The molecule has 8 nitrogen and oxygen atoms in total. The van der Waals surface area contributed by atoms with Gasteiger partial charge in [-0.3, -0.25) is 9.89 Å². The molecule has 0 bridgehead atoms. The quantitative estimate of drug-likeness (QED) is 0.532. The zero-order valence-corrected chi connectivity index (χ0v) is 19.5. The molecule has 0 atom stereocenters. The third kappa shape index (κ3) is 4.55. The summed E-state index contributed by atoms with van der Waals surface area (Å²) < 4.78 is 26.8. The van der Waals surface area contributed by atoms with Gasteiger partial charge in [0.05, 0.1) is 15.5 Å². The maximum Gasteiger partial charge on any atom is 0.257 e. The first kappa shape index (κ1) is 22.4. The van der Waals surface area contributed by atoms with E-state index in [1.54, 1.807) is 26.0 Å². The predicted molar refractivity (Wildman–Crippen MR) is 123 cm³/mol. The van der Waals surface area contributed by atoms with Crippen LogP contribution in [0, 0.1) is 0 Å². The third-order valence-corrected chi connectivity index (χ3v) is 7.81. The first-order valence-corrected chi connectivity index (χ1v) is 12.1. The van der Waals surface area contributed by atoms with Crippen LogP contribution in [0.4, 0.5) is 5.69 Å². The highest BCUT2D eigenvalue weighted by molar-refractivity contribution is 7.89. The summed E-state index contributed by atoms with van der Waals surface area (Å²) in [7, 11) is -2.24. The molecule has 1 aliphatic rings. The van der Waals surface area contributed by atoms with Crippen LogP contribution in [0.15, 0.2) is 47.4 Å². The van der Waals surface area contributed by atoms with Gasteiger partial charge in [-0.1, -0.05) is 11.6 Å². The molecule has 32 heavy (non-hydrogen) atoms. The zero-order valence-electron chi connectivity index (χ0n) is 18.0. The van der Waals surface area contributed by atoms with E-state index in [2.05, 4.69) is 20.5 Å². The van der Waals surface area contributed by atoms with Crippen LogP contribution in [-0.2, 0) is 10.0 Å². The van der Waals surface area contributed by atoms with Crippen LogP contribution in [0.3, 0.4) is 0 Å². The minimum absolute atomic E-state index is 0.00895. The second kappa shape index (κ2) is 8.65. The molecule has 1 fully saturated rings. The zero-order chi connectivity index (χ0) is 23.0. The number of aromatic amines is 1. The number of carbonyl (C=O) groups excluding carboxylic acids is 1. The van der Waals surface area contributed by atoms with Crippen molar-refractivity contribution >= 4 is 33.2 Å². The van der Waals surface area contributed by atoms with Crippen molar-refractivity contribution in [3.8, 4) is 11.4 Å². The van der Waals surface area contributed by atoms with Crippen molar-refractivity contribution in [3.63, 3.8) is 0 Å². The predicted octanol–water partition coefficient (Wildman–Crippen LogP) is 4.28. The van der Waals surface area contributed by atoms with Gasteiger partial charge < -0.3 is 5.32 Å². The topological polar surface area (TPSA) is 108 Å². The highest BCUT2D eigenvalue weighted by atomic mass is 35.5. The number of H-pyrrole nitrogens is 1. The fraction of sp³-hybridized carbons (Fsp3) is 0.318. The van der Waals surface area contributed by atoms with Gasteiger partial charge >= 0.3 is 0 Å². The van der Waals surface area contributed by atoms with Crippen LogP contribution >= 0.6 is 11.6 Å². The molecule has 1 aliphatic carbocycles. The Kier molecular flexibility index (Phi) is 6.07. The molecule has 0 aliphatic heterocycles. The van der Waals surface area contributed by atoms with Crippen molar-refractivity contribution < 1.29 is 13.2 Å². The second-order valence-electron chi connectivity index (χ2n) is 8.11. The molecule has 1 amide bonds. The minimum Gasteiger partial charge on any atom is -0.322 e. The van der Waals surface area contributed by atoms with Crippen LogP contribution in [0.5, 0.6) is 0 Å². The summed E-state index contributed by atoms with van der Waals surface area (Å²) in [4.78, 5) is 17.4. The number of sulfonamides is 1. The van der Waals surface area contributed by atoms with Gasteiger partial charge in [-0.2, -0.15) is 9.40 Å². The highest BCUT2D eigenvalue weighted by Gasteiger charge is 2.27. The number of benzene rings is 2. The lowest BCUT2D eigenvalue weighted by Crippen LogP contribution is -2.33. The summed E-state index contributed by atoms with van der Waals surface area (Å²) in [5.74, 6) is 1.50. The van der Waals surface area contributed by atoms with Gasteiger partial charge in [0.2, 0.25) is 10.0 Å². The molecule has 0 saturated heterocycles. The Morgan fingerprint density at radius 1 is 1.19 bits per heavy atom. The Bertz CT molecular complexity index is 1250. The lowest BCUT2D eigenvalue weighted by atomic mass is 10.1. The number of hydrogen-bond donors (Lipinski definition) is 2. The molecule has 10 heteroatoms. The summed E-state index contributed by atoms with van der Waals surface area (Å²) in [6, 6.07) is 11.0. The van der Waals surface area contributed by atoms with Gasteiger partial charge in [0.15, 0.2) is 5.82 Å². The highest BCUT2D eigenvalue weighted by Crippen LogP contribution is 2.38. The number of anilines is 1. The van der Waals surface area contributed by atoms with E-state index >= 15 is 0 Å². The van der Waals surface area contributed by atoms with E-state index in [1.165, 1.54) is 29.6 Å². The molecule has 0 unspecified atom stereocenters. The van der Waals surface area contributed by atoms with Gasteiger partial charge in [0, 0.05) is 30.3 Å². The van der Waals surface area contributed by atoms with Gasteiger partial charge in [-0.05, 0) is 69.2 Å². The number of carbonyl (C=O) groups is 1. The average Bonchev–Trinajstić information content (AvgIpc) is 3.50. The van der Waals surface area contributed by atoms with E-state index in [0.29, 0.717) is 17.4 Å². The molecule has 1 aromatic heterocycles. The first-order chi connectivity index (χ1) is 15.2. The fourth-order valence-corrected chi connectivity index (χ4v) is 4.72. The molecule has 168 valence electrons. The Morgan fingerprint density at radius 3 is 2.50 bits per heavy atom. The van der Waals surface area contributed by atoms with Gasteiger partial charge in [-0.25, -0.2) is 13.4 Å². The van der Waals surface area contributed by atoms with E-state index < -0.39 is 15.9 Å². The van der Waals surface area contributed by atoms with Crippen molar-refractivity contribution in [2.75, 3.05) is 12.4 Å². The number of amides is 1. The second-order valence-corrected chi connectivity index (χ2v) is 10.5. The number of hydrogen-bond acceptors (Lipinski definition) is 5. The Balaban J connectivity index is 1.52. The van der Waals surface area contributed by atoms with Crippen LogP contribution in [0.1, 0.15) is 48.8 Å². The van der Waals surface area contributed by atoms with Crippen molar-refractivity contribution in [2.45, 2.75) is 43.5 Å². The van der Waals surface area contributed by atoms with Crippen LogP contribution in [0.25, 0.3) is 11.4 Å². The van der Waals surface area contributed by atoms with Crippen LogP contribution in [0.2, 0.25) is 5.02 Å². The number of rotatable bonds is 7. The third-order valence-electron chi connectivity index (χ3n) is 5.45. The smallest absolute Gasteiger partial charge is 0.257 e. The summed E-state index contributed by atoms with van der Waals surface area (Å²) >= 11 is 6.20. The molecule has 0 radical (unpaired) electrons. The molecule has 1 saturated carbocycles. The maximum absolute atomic E-state index is 12.8. The summed E-state index contributed by atoms with van der Waals surface area (Å²) in [6.07, 6.45) is 2.27.